The summed E-state index contributed by atoms with van der Waals surface area (Å²) in [6, 6.07) is 8.07. The van der Waals surface area contributed by atoms with Crippen LogP contribution in [-0.4, -0.2) is 21.3 Å². The Bertz CT molecular complexity index is 597. The van der Waals surface area contributed by atoms with Crippen LogP contribution >= 0.6 is 0 Å². The highest BCUT2D eigenvalue weighted by Crippen LogP contribution is 2.38. The maximum atomic E-state index is 9.36. The molecule has 0 bridgehead atoms. The summed E-state index contributed by atoms with van der Waals surface area (Å²) in [5.41, 5.74) is 8.37. The van der Waals surface area contributed by atoms with E-state index < -0.39 is 0 Å². The van der Waals surface area contributed by atoms with Crippen molar-refractivity contribution in [2.75, 3.05) is 6.61 Å². The van der Waals surface area contributed by atoms with Gasteiger partial charge in [0.15, 0.2) is 0 Å². The van der Waals surface area contributed by atoms with Crippen LogP contribution in [0.1, 0.15) is 38.4 Å². The van der Waals surface area contributed by atoms with E-state index >= 15 is 0 Å². The molecule has 0 saturated heterocycles. The first-order chi connectivity index (χ1) is 9.64. The molecular formula is C16H23N3O. The standard InChI is InChI=1S/C16H23N3O/c1-12-6-8-16(17,9-7-12)15-18-13-4-2-3-5-14(13)19(15)10-11-20/h2-5,12,20H,6-11,17H2,1H3. The monoisotopic (exact) mass is 273 g/mol. The minimum absolute atomic E-state index is 0.111. The Morgan fingerprint density at radius 1 is 1.35 bits per heavy atom. The van der Waals surface area contributed by atoms with E-state index in [-0.39, 0.29) is 12.1 Å². The van der Waals surface area contributed by atoms with E-state index in [9.17, 15) is 5.11 Å². The van der Waals surface area contributed by atoms with Crippen LogP contribution < -0.4 is 5.73 Å². The molecule has 0 atom stereocenters. The fourth-order valence-corrected chi connectivity index (χ4v) is 3.28. The zero-order chi connectivity index (χ0) is 14.2. The third-order valence-electron chi connectivity index (χ3n) is 4.59. The fraction of sp³-hybridized carbons (Fsp3) is 0.562. The van der Waals surface area contributed by atoms with E-state index in [1.54, 1.807) is 0 Å². The molecule has 2 aromatic rings. The Hall–Kier alpha value is -1.39. The summed E-state index contributed by atoms with van der Waals surface area (Å²) < 4.78 is 2.10. The summed E-state index contributed by atoms with van der Waals surface area (Å²) in [5.74, 6) is 1.70. The largest absolute Gasteiger partial charge is 0.395 e. The number of nitrogens with two attached hydrogens (primary N) is 1. The Morgan fingerprint density at radius 3 is 2.75 bits per heavy atom. The minimum Gasteiger partial charge on any atom is -0.395 e. The number of fused-ring (bicyclic) bond motifs is 1. The molecule has 20 heavy (non-hydrogen) atoms. The van der Waals surface area contributed by atoms with E-state index in [4.69, 9.17) is 10.7 Å². The molecular weight excluding hydrogens is 250 g/mol. The average Bonchev–Trinajstić information content (AvgIpc) is 2.83. The van der Waals surface area contributed by atoms with Crippen LogP contribution in [0.25, 0.3) is 11.0 Å². The van der Waals surface area contributed by atoms with Crippen molar-refractivity contribution in [2.24, 2.45) is 11.7 Å². The van der Waals surface area contributed by atoms with E-state index in [0.29, 0.717) is 6.54 Å². The SMILES string of the molecule is CC1CCC(N)(c2nc3ccccc3n2CCO)CC1. The second-order valence-corrected chi connectivity index (χ2v) is 6.14. The summed E-state index contributed by atoms with van der Waals surface area (Å²) in [6.07, 6.45) is 4.25. The molecule has 3 rings (SSSR count). The zero-order valence-corrected chi connectivity index (χ0v) is 12.0. The van der Waals surface area contributed by atoms with Crippen LogP contribution in [0.3, 0.4) is 0 Å². The van der Waals surface area contributed by atoms with Gasteiger partial charge in [0.25, 0.3) is 0 Å². The van der Waals surface area contributed by atoms with Crippen molar-refractivity contribution in [3.8, 4) is 0 Å². The molecule has 1 aromatic heterocycles. The zero-order valence-electron chi connectivity index (χ0n) is 12.0. The number of aromatic nitrogens is 2. The van der Waals surface area contributed by atoms with Crippen LogP contribution in [0.5, 0.6) is 0 Å². The quantitative estimate of drug-likeness (QED) is 0.902. The van der Waals surface area contributed by atoms with E-state index in [1.807, 2.05) is 18.2 Å². The molecule has 0 radical (unpaired) electrons. The normalized spacial score (nSPS) is 27.1. The number of nitrogens with zero attached hydrogens (tertiary/aromatic N) is 2. The summed E-state index contributed by atoms with van der Waals surface area (Å²) in [5, 5.41) is 9.36. The third kappa shape index (κ3) is 2.23. The molecule has 1 heterocycles. The topological polar surface area (TPSA) is 64.1 Å². The fourth-order valence-electron chi connectivity index (χ4n) is 3.28. The minimum atomic E-state index is -0.347. The van der Waals surface area contributed by atoms with Crippen molar-refractivity contribution in [1.29, 1.82) is 0 Å². The van der Waals surface area contributed by atoms with Gasteiger partial charge in [-0.1, -0.05) is 19.1 Å². The van der Waals surface area contributed by atoms with Gasteiger partial charge in [-0.3, -0.25) is 0 Å². The summed E-state index contributed by atoms with van der Waals surface area (Å²) >= 11 is 0. The molecule has 3 N–H and O–H groups in total. The second-order valence-electron chi connectivity index (χ2n) is 6.14. The molecule has 0 aliphatic heterocycles. The number of aliphatic hydroxyl groups excluding tert-OH is 1. The van der Waals surface area contributed by atoms with Gasteiger partial charge in [0.05, 0.1) is 23.2 Å². The van der Waals surface area contributed by atoms with Gasteiger partial charge in [-0.2, -0.15) is 0 Å². The van der Waals surface area contributed by atoms with E-state index in [1.165, 1.54) is 0 Å². The average molecular weight is 273 g/mol. The first-order valence-corrected chi connectivity index (χ1v) is 7.49. The lowest BCUT2D eigenvalue weighted by Crippen LogP contribution is -2.42. The highest BCUT2D eigenvalue weighted by atomic mass is 16.3. The van der Waals surface area contributed by atoms with Crippen molar-refractivity contribution in [3.05, 3.63) is 30.1 Å². The van der Waals surface area contributed by atoms with Gasteiger partial charge in [0, 0.05) is 6.54 Å². The van der Waals surface area contributed by atoms with Crippen molar-refractivity contribution in [2.45, 2.75) is 44.7 Å². The van der Waals surface area contributed by atoms with Crippen LogP contribution in [-0.2, 0) is 12.1 Å². The van der Waals surface area contributed by atoms with Gasteiger partial charge >= 0.3 is 0 Å². The summed E-state index contributed by atoms with van der Waals surface area (Å²) in [7, 11) is 0. The maximum Gasteiger partial charge on any atom is 0.130 e. The van der Waals surface area contributed by atoms with Crippen molar-refractivity contribution in [3.63, 3.8) is 0 Å². The van der Waals surface area contributed by atoms with Gasteiger partial charge in [0.1, 0.15) is 5.82 Å². The van der Waals surface area contributed by atoms with Gasteiger partial charge in [-0.05, 0) is 43.7 Å². The smallest absolute Gasteiger partial charge is 0.130 e. The Kier molecular flexibility index (Phi) is 3.52. The number of hydrogen-bond donors (Lipinski definition) is 2. The lowest BCUT2D eigenvalue weighted by atomic mass is 9.77. The molecule has 108 valence electrons. The summed E-state index contributed by atoms with van der Waals surface area (Å²) in [4.78, 5) is 4.78. The first kappa shape index (κ1) is 13.6. The van der Waals surface area contributed by atoms with Crippen molar-refractivity contribution in [1.82, 2.24) is 9.55 Å². The van der Waals surface area contributed by atoms with Gasteiger partial charge in [-0.25, -0.2) is 4.98 Å². The van der Waals surface area contributed by atoms with Crippen molar-refractivity contribution < 1.29 is 5.11 Å². The number of rotatable bonds is 3. The molecule has 1 aliphatic carbocycles. The van der Waals surface area contributed by atoms with Crippen LogP contribution in [0.2, 0.25) is 0 Å². The second kappa shape index (κ2) is 5.19. The third-order valence-corrected chi connectivity index (χ3v) is 4.59. The van der Waals surface area contributed by atoms with Gasteiger partial charge in [0.2, 0.25) is 0 Å². The predicted molar refractivity (Wildman–Crippen MR) is 80.3 cm³/mol. The van der Waals surface area contributed by atoms with Crippen LogP contribution in [0.4, 0.5) is 0 Å². The van der Waals surface area contributed by atoms with E-state index in [2.05, 4.69) is 17.6 Å². The molecule has 4 nitrogen and oxygen atoms in total. The Balaban J connectivity index is 2.08. The molecule has 1 fully saturated rings. The highest BCUT2D eigenvalue weighted by Gasteiger charge is 2.36. The number of hydrogen-bond acceptors (Lipinski definition) is 3. The van der Waals surface area contributed by atoms with Gasteiger partial charge in [-0.15, -0.1) is 0 Å². The highest BCUT2D eigenvalue weighted by molar-refractivity contribution is 5.76. The molecule has 1 aliphatic rings. The predicted octanol–water partition coefficient (Wildman–Crippen LogP) is 2.39. The van der Waals surface area contributed by atoms with Crippen LogP contribution in [0, 0.1) is 5.92 Å². The molecule has 0 spiro atoms. The molecule has 1 aromatic carbocycles. The lowest BCUT2D eigenvalue weighted by molar-refractivity contribution is 0.222. The van der Waals surface area contributed by atoms with Crippen molar-refractivity contribution >= 4 is 11.0 Å². The number of imidazole rings is 1. The Labute approximate surface area is 119 Å². The van der Waals surface area contributed by atoms with Gasteiger partial charge < -0.3 is 15.4 Å². The molecule has 0 unspecified atom stereocenters. The number of aliphatic hydroxyl groups is 1. The lowest BCUT2D eigenvalue weighted by Gasteiger charge is -2.35. The number of para-hydroxylation sites is 2. The number of benzene rings is 1. The summed E-state index contributed by atoms with van der Waals surface area (Å²) in [6.45, 7) is 2.96. The van der Waals surface area contributed by atoms with E-state index in [0.717, 1.165) is 48.5 Å². The Morgan fingerprint density at radius 2 is 2.05 bits per heavy atom. The molecule has 1 saturated carbocycles. The molecule has 4 heteroatoms. The molecule has 0 amide bonds. The maximum absolute atomic E-state index is 9.36. The van der Waals surface area contributed by atoms with Crippen LogP contribution in [0.15, 0.2) is 24.3 Å². The first-order valence-electron chi connectivity index (χ1n) is 7.49.